The van der Waals surface area contributed by atoms with Gasteiger partial charge in [-0.3, -0.25) is 4.99 Å². The molecule has 0 saturated heterocycles. The minimum absolute atomic E-state index is 0.587. The largest absolute Gasteiger partial charge is 0.481 e. The Labute approximate surface area is 107 Å². The van der Waals surface area contributed by atoms with E-state index in [0.29, 0.717) is 25.6 Å². The lowest BCUT2D eigenvalue weighted by atomic mass is 10.3. The number of ether oxygens (including phenoxy) is 2. The molecule has 0 aliphatic heterocycles. The van der Waals surface area contributed by atoms with Crippen LogP contribution in [0.5, 0.6) is 5.88 Å². The van der Waals surface area contributed by atoms with Crippen molar-refractivity contribution in [2.45, 2.75) is 6.54 Å². The molecule has 0 aliphatic carbocycles. The number of hydrogen-bond donors (Lipinski definition) is 2. The zero-order valence-electron chi connectivity index (χ0n) is 11.1. The molecule has 0 radical (unpaired) electrons. The Kier molecular flexibility index (Phi) is 6.56. The molecule has 0 atom stereocenters. The van der Waals surface area contributed by atoms with Gasteiger partial charge in [0.2, 0.25) is 5.88 Å². The van der Waals surface area contributed by atoms with Gasteiger partial charge in [-0.2, -0.15) is 0 Å². The van der Waals surface area contributed by atoms with E-state index in [4.69, 9.17) is 9.47 Å². The van der Waals surface area contributed by atoms with Gasteiger partial charge in [0.1, 0.15) is 0 Å². The predicted octanol–water partition coefficient (Wildman–Crippen LogP) is 0.402. The van der Waals surface area contributed by atoms with Crippen LogP contribution in [0.2, 0.25) is 0 Å². The van der Waals surface area contributed by atoms with E-state index in [9.17, 15) is 0 Å². The Hall–Kier alpha value is -1.82. The third kappa shape index (κ3) is 5.01. The zero-order valence-corrected chi connectivity index (χ0v) is 11.1. The van der Waals surface area contributed by atoms with Crippen LogP contribution in [0, 0.1) is 0 Å². The lowest BCUT2D eigenvalue weighted by Gasteiger charge is -2.11. The van der Waals surface area contributed by atoms with Crippen molar-refractivity contribution in [1.29, 1.82) is 0 Å². The molecule has 2 N–H and O–H groups in total. The van der Waals surface area contributed by atoms with Crippen molar-refractivity contribution >= 4 is 5.96 Å². The summed E-state index contributed by atoms with van der Waals surface area (Å²) in [4.78, 5) is 8.40. The number of guanidine groups is 1. The van der Waals surface area contributed by atoms with Gasteiger partial charge in [0.15, 0.2) is 5.96 Å². The molecular weight excluding hydrogens is 232 g/mol. The SMILES string of the molecule is CN=C(NCCOC)NCc1cccc(OC)n1. The Bertz CT molecular complexity index is 382. The van der Waals surface area contributed by atoms with Gasteiger partial charge < -0.3 is 20.1 Å². The van der Waals surface area contributed by atoms with Crippen LogP contribution in [-0.4, -0.2) is 45.4 Å². The molecule has 1 rings (SSSR count). The number of pyridine rings is 1. The Morgan fingerprint density at radius 3 is 2.83 bits per heavy atom. The molecule has 0 aliphatic rings. The van der Waals surface area contributed by atoms with Crippen LogP contribution >= 0.6 is 0 Å². The van der Waals surface area contributed by atoms with Crippen LogP contribution in [0.15, 0.2) is 23.2 Å². The average molecular weight is 252 g/mol. The number of aliphatic imine (C=N–C) groups is 1. The smallest absolute Gasteiger partial charge is 0.213 e. The summed E-state index contributed by atoms with van der Waals surface area (Å²) in [5.41, 5.74) is 0.893. The molecule has 0 unspecified atom stereocenters. The summed E-state index contributed by atoms with van der Waals surface area (Å²) >= 11 is 0. The van der Waals surface area contributed by atoms with E-state index in [0.717, 1.165) is 11.7 Å². The third-order valence-corrected chi connectivity index (χ3v) is 2.25. The third-order valence-electron chi connectivity index (χ3n) is 2.25. The van der Waals surface area contributed by atoms with Crippen molar-refractivity contribution in [3.63, 3.8) is 0 Å². The number of aromatic nitrogens is 1. The molecule has 6 nitrogen and oxygen atoms in total. The summed E-state index contributed by atoms with van der Waals surface area (Å²) in [6.45, 7) is 1.93. The number of nitrogens with one attached hydrogen (secondary N) is 2. The first-order chi connectivity index (χ1) is 8.80. The predicted molar refractivity (Wildman–Crippen MR) is 70.9 cm³/mol. The topological polar surface area (TPSA) is 67.8 Å². The summed E-state index contributed by atoms with van der Waals surface area (Å²) in [6.07, 6.45) is 0. The molecule has 6 heteroatoms. The molecule has 1 aromatic heterocycles. The maximum Gasteiger partial charge on any atom is 0.213 e. The number of rotatable bonds is 6. The van der Waals surface area contributed by atoms with Crippen molar-refractivity contribution in [3.8, 4) is 5.88 Å². The maximum atomic E-state index is 5.07. The Balaban J connectivity index is 2.42. The lowest BCUT2D eigenvalue weighted by molar-refractivity contribution is 0.203. The maximum absolute atomic E-state index is 5.07. The quantitative estimate of drug-likeness (QED) is 0.436. The molecule has 0 saturated carbocycles. The highest BCUT2D eigenvalue weighted by Crippen LogP contribution is 2.05. The van der Waals surface area contributed by atoms with Crippen molar-refractivity contribution < 1.29 is 9.47 Å². The highest BCUT2D eigenvalue weighted by molar-refractivity contribution is 5.79. The van der Waals surface area contributed by atoms with Crippen molar-refractivity contribution in [2.24, 2.45) is 4.99 Å². The van der Waals surface area contributed by atoms with E-state index in [2.05, 4.69) is 20.6 Å². The standard InChI is InChI=1S/C12H20N4O2/c1-13-12(14-7-8-17-2)15-9-10-5-4-6-11(16-10)18-3/h4-6H,7-9H2,1-3H3,(H2,13,14,15). The number of hydrogen-bond acceptors (Lipinski definition) is 4. The van der Waals surface area contributed by atoms with Gasteiger partial charge in [0, 0.05) is 26.8 Å². The van der Waals surface area contributed by atoms with Gasteiger partial charge in [-0.05, 0) is 6.07 Å². The molecule has 18 heavy (non-hydrogen) atoms. The van der Waals surface area contributed by atoms with Crippen LogP contribution in [0.1, 0.15) is 5.69 Å². The molecule has 0 amide bonds. The first-order valence-corrected chi connectivity index (χ1v) is 5.73. The second-order valence-electron chi connectivity index (χ2n) is 3.52. The van der Waals surface area contributed by atoms with E-state index in [1.54, 1.807) is 21.3 Å². The van der Waals surface area contributed by atoms with Crippen molar-refractivity contribution in [3.05, 3.63) is 23.9 Å². The highest BCUT2D eigenvalue weighted by atomic mass is 16.5. The fourth-order valence-electron chi connectivity index (χ4n) is 1.34. The first-order valence-electron chi connectivity index (χ1n) is 5.73. The van der Waals surface area contributed by atoms with Gasteiger partial charge in [-0.25, -0.2) is 4.98 Å². The van der Waals surface area contributed by atoms with Gasteiger partial charge in [-0.1, -0.05) is 6.07 Å². The van der Waals surface area contributed by atoms with E-state index in [1.807, 2.05) is 18.2 Å². The Morgan fingerprint density at radius 2 is 2.17 bits per heavy atom. The fraction of sp³-hybridized carbons (Fsp3) is 0.500. The molecule has 1 heterocycles. The van der Waals surface area contributed by atoms with E-state index < -0.39 is 0 Å². The van der Waals surface area contributed by atoms with Crippen LogP contribution in [0.3, 0.4) is 0 Å². The van der Waals surface area contributed by atoms with Gasteiger partial charge >= 0.3 is 0 Å². The second-order valence-corrected chi connectivity index (χ2v) is 3.52. The molecule has 0 bridgehead atoms. The van der Waals surface area contributed by atoms with Gasteiger partial charge in [0.25, 0.3) is 0 Å². The van der Waals surface area contributed by atoms with Crippen molar-refractivity contribution in [1.82, 2.24) is 15.6 Å². The summed E-state index contributed by atoms with van der Waals surface area (Å²) in [5.74, 6) is 1.33. The van der Waals surface area contributed by atoms with Gasteiger partial charge in [-0.15, -0.1) is 0 Å². The van der Waals surface area contributed by atoms with E-state index >= 15 is 0 Å². The van der Waals surface area contributed by atoms with Gasteiger partial charge in [0.05, 0.1) is 26.0 Å². The number of methoxy groups -OCH3 is 2. The molecule has 0 aromatic carbocycles. The monoisotopic (exact) mass is 252 g/mol. The van der Waals surface area contributed by atoms with E-state index in [1.165, 1.54) is 0 Å². The highest BCUT2D eigenvalue weighted by Gasteiger charge is 2.00. The summed E-state index contributed by atoms with van der Waals surface area (Å²) in [5, 5.41) is 6.29. The molecule has 1 aromatic rings. The normalized spacial score (nSPS) is 11.2. The minimum atomic E-state index is 0.587. The lowest BCUT2D eigenvalue weighted by Crippen LogP contribution is -2.38. The van der Waals surface area contributed by atoms with E-state index in [-0.39, 0.29) is 0 Å². The van der Waals surface area contributed by atoms with Crippen LogP contribution in [0.4, 0.5) is 0 Å². The average Bonchev–Trinajstić information content (AvgIpc) is 2.43. The summed E-state index contributed by atoms with van der Waals surface area (Å²) in [6, 6.07) is 5.65. The zero-order chi connectivity index (χ0) is 13.2. The summed E-state index contributed by atoms with van der Waals surface area (Å²) < 4.78 is 10.0. The first kappa shape index (κ1) is 14.2. The second kappa shape index (κ2) is 8.30. The molecule has 0 spiro atoms. The number of nitrogens with zero attached hydrogens (tertiary/aromatic N) is 2. The molecule has 0 fully saturated rings. The summed E-state index contributed by atoms with van der Waals surface area (Å²) in [7, 11) is 4.99. The van der Waals surface area contributed by atoms with Crippen LogP contribution in [-0.2, 0) is 11.3 Å². The fourth-order valence-corrected chi connectivity index (χ4v) is 1.34. The molecule has 100 valence electrons. The Morgan fingerprint density at radius 1 is 1.33 bits per heavy atom. The minimum Gasteiger partial charge on any atom is -0.481 e. The van der Waals surface area contributed by atoms with Crippen molar-refractivity contribution in [2.75, 3.05) is 34.4 Å². The van der Waals surface area contributed by atoms with Crippen LogP contribution < -0.4 is 15.4 Å². The molecular formula is C12H20N4O2. The van der Waals surface area contributed by atoms with Crippen LogP contribution in [0.25, 0.3) is 0 Å².